The molecule has 0 bridgehead atoms. The first-order valence-electron chi connectivity index (χ1n) is 8.48. The highest BCUT2D eigenvalue weighted by atomic mass is 16.1. The Morgan fingerprint density at radius 1 is 1.28 bits per heavy atom. The minimum absolute atomic E-state index is 0.00805. The highest BCUT2D eigenvalue weighted by molar-refractivity contribution is 5.76. The van der Waals surface area contributed by atoms with Crippen LogP contribution in [-0.2, 0) is 11.2 Å². The molecule has 1 amide bonds. The average molecular weight is 337 g/mol. The van der Waals surface area contributed by atoms with Crippen LogP contribution < -0.4 is 5.32 Å². The van der Waals surface area contributed by atoms with Gasteiger partial charge in [-0.2, -0.15) is 5.10 Å². The molecule has 0 aliphatic carbocycles. The molecule has 3 heterocycles. The van der Waals surface area contributed by atoms with E-state index in [1.54, 1.807) is 6.20 Å². The van der Waals surface area contributed by atoms with Crippen LogP contribution in [0.5, 0.6) is 0 Å². The number of nitrogens with one attached hydrogen (secondary N) is 1. The molecule has 3 aromatic heterocycles. The van der Waals surface area contributed by atoms with Gasteiger partial charge >= 0.3 is 0 Å². The Bertz CT molecular complexity index is 901. The number of aromatic nitrogens is 4. The molecule has 3 aromatic rings. The van der Waals surface area contributed by atoms with E-state index in [9.17, 15) is 4.79 Å². The lowest BCUT2D eigenvalue weighted by Crippen LogP contribution is -2.27. The van der Waals surface area contributed by atoms with Gasteiger partial charge in [0.05, 0.1) is 17.4 Å². The first kappa shape index (κ1) is 17.1. The van der Waals surface area contributed by atoms with Crippen LogP contribution in [0.2, 0.25) is 0 Å². The van der Waals surface area contributed by atoms with E-state index in [0.717, 1.165) is 34.0 Å². The molecular weight excluding hydrogens is 314 g/mol. The first-order valence-corrected chi connectivity index (χ1v) is 8.48. The van der Waals surface area contributed by atoms with E-state index in [1.807, 2.05) is 56.5 Å². The Hall–Kier alpha value is -2.76. The fourth-order valence-electron chi connectivity index (χ4n) is 3.06. The van der Waals surface area contributed by atoms with Gasteiger partial charge < -0.3 is 5.32 Å². The Labute approximate surface area is 147 Å². The molecule has 0 radical (unpaired) electrons. The largest absolute Gasteiger partial charge is 0.348 e. The van der Waals surface area contributed by atoms with Crippen molar-refractivity contribution in [2.24, 2.45) is 0 Å². The summed E-state index contributed by atoms with van der Waals surface area (Å²) in [6.07, 6.45) is 2.78. The third-order valence-electron chi connectivity index (χ3n) is 4.40. The zero-order valence-corrected chi connectivity index (χ0v) is 15.1. The highest BCUT2D eigenvalue weighted by Gasteiger charge is 2.14. The number of nitrogens with zero attached hydrogens (tertiary/aromatic N) is 4. The topological polar surface area (TPSA) is 72.2 Å². The molecule has 0 aliphatic rings. The zero-order chi connectivity index (χ0) is 18.0. The monoisotopic (exact) mass is 337 g/mol. The predicted octanol–water partition coefficient (Wildman–Crippen LogP) is 2.86. The fraction of sp³-hybridized carbons (Fsp3) is 0.368. The molecule has 1 unspecified atom stereocenters. The molecular formula is C19H23N5O. The van der Waals surface area contributed by atoms with Crippen molar-refractivity contribution in [3.63, 3.8) is 0 Å². The molecule has 0 aliphatic heterocycles. The van der Waals surface area contributed by atoms with Gasteiger partial charge in [0.2, 0.25) is 5.91 Å². The lowest BCUT2D eigenvalue weighted by molar-refractivity contribution is -0.121. The van der Waals surface area contributed by atoms with Gasteiger partial charge in [-0.3, -0.25) is 9.78 Å². The number of aryl methyl sites for hydroxylation is 3. The third kappa shape index (κ3) is 3.68. The molecule has 1 atom stereocenters. The first-order chi connectivity index (χ1) is 12.0. The van der Waals surface area contributed by atoms with Crippen molar-refractivity contribution >= 4 is 11.6 Å². The second-order valence-electron chi connectivity index (χ2n) is 6.36. The summed E-state index contributed by atoms with van der Waals surface area (Å²) < 4.78 is 1.85. The summed E-state index contributed by atoms with van der Waals surface area (Å²) in [6, 6.07) is 7.56. The van der Waals surface area contributed by atoms with Gasteiger partial charge in [0, 0.05) is 30.1 Å². The van der Waals surface area contributed by atoms with Crippen LogP contribution in [-0.4, -0.2) is 25.5 Å². The van der Waals surface area contributed by atoms with Crippen LogP contribution in [0.15, 0.2) is 30.5 Å². The summed E-state index contributed by atoms with van der Waals surface area (Å²) in [4.78, 5) is 21.2. The van der Waals surface area contributed by atoms with Crippen LogP contribution in [0.25, 0.3) is 5.65 Å². The summed E-state index contributed by atoms with van der Waals surface area (Å²) in [7, 11) is 0. The van der Waals surface area contributed by atoms with Crippen molar-refractivity contribution in [1.29, 1.82) is 0 Å². The number of amides is 1. The van der Waals surface area contributed by atoms with Crippen molar-refractivity contribution in [3.8, 4) is 0 Å². The molecule has 0 fully saturated rings. The molecule has 25 heavy (non-hydrogen) atoms. The molecule has 130 valence electrons. The number of fused-ring (bicyclic) bond motifs is 1. The SMILES string of the molecule is Cc1cc2nc(C)c(CCC(=O)NC(C)c3ccccn3)c(C)n2n1. The maximum atomic E-state index is 12.3. The van der Waals surface area contributed by atoms with E-state index >= 15 is 0 Å². The van der Waals surface area contributed by atoms with Crippen LogP contribution in [0.4, 0.5) is 0 Å². The van der Waals surface area contributed by atoms with Crippen LogP contribution in [0.3, 0.4) is 0 Å². The molecule has 6 nitrogen and oxygen atoms in total. The maximum Gasteiger partial charge on any atom is 0.220 e. The van der Waals surface area contributed by atoms with Gasteiger partial charge in [-0.05, 0) is 51.8 Å². The van der Waals surface area contributed by atoms with Gasteiger partial charge in [-0.15, -0.1) is 0 Å². The Morgan fingerprint density at radius 2 is 2.08 bits per heavy atom. The summed E-state index contributed by atoms with van der Waals surface area (Å²) in [5.74, 6) is 0.00805. The standard InChI is InChI=1S/C19H23N5O/c1-12-11-18-21-13(2)16(15(4)24(18)23-12)8-9-19(25)22-14(3)17-7-5-6-10-20-17/h5-7,10-11,14H,8-9H2,1-4H3,(H,22,25). The molecule has 1 N–H and O–H groups in total. The molecule has 3 rings (SSSR count). The number of hydrogen-bond acceptors (Lipinski definition) is 4. The van der Waals surface area contributed by atoms with E-state index in [-0.39, 0.29) is 11.9 Å². The third-order valence-corrected chi connectivity index (χ3v) is 4.40. The van der Waals surface area contributed by atoms with Crippen LogP contribution in [0.1, 0.15) is 47.7 Å². The average Bonchev–Trinajstić information content (AvgIpc) is 2.96. The van der Waals surface area contributed by atoms with E-state index < -0.39 is 0 Å². The van der Waals surface area contributed by atoms with Gasteiger partial charge in [0.25, 0.3) is 0 Å². The Kier molecular flexibility index (Phi) is 4.79. The lowest BCUT2D eigenvalue weighted by Gasteiger charge is -2.14. The molecule has 0 spiro atoms. The van der Waals surface area contributed by atoms with Gasteiger partial charge in [-0.25, -0.2) is 9.50 Å². The quantitative estimate of drug-likeness (QED) is 0.777. The van der Waals surface area contributed by atoms with Crippen molar-refractivity contribution < 1.29 is 4.79 Å². The number of carbonyl (C=O) groups excluding carboxylic acids is 1. The summed E-state index contributed by atoms with van der Waals surface area (Å²) in [5.41, 5.74) is 5.73. The van der Waals surface area contributed by atoms with E-state index in [4.69, 9.17) is 0 Å². The highest BCUT2D eigenvalue weighted by Crippen LogP contribution is 2.17. The lowest BCUT2D eigenvalue weighted by atomic mass is 10.1. The second kappa shape index (κ2) is 7.01. The number of hydrogen-bond donors (Lipinski definition) is 1. The molecule has 0 aromatic carbocycles. The zero-order valence-electron chi connectivity index (χ0n) is 15.1. The maximum absolute atomic E-state index is 12.3. The Morgan fingerprint density at radius 3 is 2.80 bits per heavy atom. The number of carbonyl (C=O) groups is 1. The molecule has 6 heteroatoms. The van der Waals surface area contributed by atoms with Crippen molar-refractivity contribution in [2.75, 3.05) is 0 Å². The normalized spacial score (nSPS) is 12.3. The van der Waals surface area contributed by atoms with Crippen LogP contribution in [0, 0.1) is 20.8 Å². The second-order valence-corrected chi connectivity index (χ2v) is 6.36. The number of pyridine rings is 1. The van der Waals surface area contributed by atoms with Gasteiger partial charge in [0.1, 0.15) is 0 Å². The molecule has 0 saturated heterocycles. The van der Waals surface area contributed by atoms with Crippen molar-refractivity contribution in [3.05, 3.63) is 58.8 Å². The summed E-state index contributed by atoms with van der Waals surface area (Å²) >= 11 is 0. The minimum Gasteiger partial charge on any atom is -0.348 e. The fourth-order valence-corrected chi connectivity index (χ4v) is 3.06. The van der Waals surface area contributed by atoms with E-state index in [2.05, 4.69) is 20.4 Å². The van der Waals surface area contributed by atoms with E-state index in [0.29, 0.717) is 12.8 Å². The smallest absolute Gasteiger partial charge is 0.220 e. The summed E-state index contributed by atoms with van der Waals surface area (Å²) in [6.45, 7) is 7.91. The van der Waals surface area contributed by atoms with Crippen LogP contribution >= 0.6 is 0 Å². The van der Waals surface area contributed by atoms with Gasteiger partial charge in [-0.1, -0.05) is 6.07 Å². The summed E-state index contributed by atoms with van der Waals surface area (Å²) in [5, 5.41) is 7.48. The van der Waals surface area contributed by atoms with Crippen molar-refractivity contribution in [1.82, 2.24) is 24.9 Å². The Balaban J connectivity index is 1.69. The van der Waals surface area contributed by atoms with Crippen molar-refractivity contribution in [2.45, 2.75) is 46.6 Å². The minimum atomic E-state index is -0.106. The van der Waals surface area contributed by atoms with Gasteiger partial charge in [0.15, 0.2) is 5.65 Å². The number of rotatable bonds is 5. The molecule has 0 saturated carbocycles. The van der Waals surface area contributed by atoms with E-state index in [1.165, 1.54) is 0 Å². The predicted molar refractivity (Wildman–Crippen MR) is 96.3 cm³/mol.